The highest BCUT2D eigenvalue weighted by Crippen LogP contribution is 2.31. The van der Waals surface area contributed by atoms with Gasteiger partial charge in [0.05, 0.1) is 11.0 Å². The number of ether oxygens (including phenoxy) is 1. The molecular formula is C20H19N3O3. The number of Topliss-reactive ketones (excluding diaryl/α,β-unsaturated/α-hetero) is 1. The summed E-state index contributed by atoms with van der Waals surface area (Å²) in [5, 5.41) is 2.75. The van der Waals surface area contributed by atoms with E-state index in [0.29, 0.717) is 18.5 Å². The number of hydrogen-bond donors (Lipinski definition) is 1. The summed E-state index contributed by atoms with van der Waals surface area (Å²) in [6.07, 6.45) is 0.130. The lowest BCUT2D eigenvalue weighted by Crippen LogP contribution is -2.33. The maximum absolute atomic E-state index is 12.2. The molecule has 2 heterocycles. The van der Waals surface area contributed by atoms with Crippen molar-refractivity contribution in [3.05, 3.63) is 53.6 Å². The number of rotatable bonds is 4. The highest BCUT2D eigenvalue weighted by atomic mass is 16.5. The Bertz CT molecular complexity index is 1010. The van der Waals surface area contributed by atoms with Gasteiger partial charge in [0.2, 0.25) is 0 Å². The predicted molar refractivity (Wildman–Crippen MR) is 98.1 cm³/mol. The largest absolute Gasteiger partial charge is 0.362 e. The second kappa shape index (κ2) is 6.38. The summed E-state index contributed by atoms with van der Waals surface area (Å²) in [5.41, 5.74) is 3.92. The van der Waals surface area contributed by atoms with Gasteiger partial charge < -0.3 is 14.6 Å². The Morgan fingerprint density at radius 1 is 1.23 bits per heavy atom. The first kappa shape index (κ1) is 16.5. The predicted octanol–water partition coefficient (Wildman–Crippen LogP) is 3.01. The van der Waals surface area contributed by atoms with Gasteiger partial charge in [0.1, 0.15) is 12.1 Å². The van der Waals surface area contributed by atoms with Gasteiger partial charge in [0.25, 0.3) is 5.91 Å². The minimum atomic E-state index is -0.347. The van der Waals surface area contributed by atoms with Gasteiger partial charge in [-0.25, -0.2) is 4.98 Å². The van der Waals surface area contributed by atoms with Crippen LogP contribution in [-0.2, 0) is 11.3 Å². The number of amides is 1. The lowest BCUT2D eigenvalue weighted by Gasteiger charge is -2.16. The van der Waals surface area contributed by atoms with Crippen molar-refractivity contribution in [2.24, 2.45) is 0 Å². The third-order valence-electron chi connectivity index (χ3n) is 4.72. The summed E-state index contributed by atoms with van der Waals surface area (Å²) in [7, 11) is 1.54. The van der Waals surface area contributed by atoms with Crippen LogP contribution in [0.1, 0.15) is 34.1 Å². The van der Waals surface area contributed by atoms with E-state index in [-0.39, 0.29) is 17.9 Å². The third-order valence-corrected chi connectivity index (χ3v) is 4.72. The fourth-order valence-corrected chi connectivity index (χ4v) is 3.29. The van der Waals surface area contributed by atoms with E-state index in [1.54, 1.807) is 26.2 Å². The molecule has 1 aliphatic heterocycles. The number of aromatic nitrogens is 2. The van der Waals surface area contributed by atoms with Gasteiger partial charge in [-0.2, -0.15) is 0 Å². The molecule has 1 unspecified atom stereocenters. The summed E-state index contributed by atoms with van der Waals surface area (Å²) in [5.74, 6) is 0.791. The summed E-state index contributed by atoms with van der Waals surface area (Å²) in [6, 6.07) is 13.0. The van der Waals surface area contributed by atoms with Crippen LogP contribution in [0.15, 0.2) is 42.5 Å². The quantitative estimate of drug-likeness (QED) is 0.735. The van der Waals surface area contributed by atoms with Crippen molar-refractivity contribution in [3.63, 3.8) is 0 Å². The normalized spacial score (nSPS) is 14.5. The third kappa shape index (κ3) is 2.68. The van der Waals surface area contributed by atoms with Crippen molar-refractivity contribution in [1.29, 1.82) is 0 Å². The van der Waals surface area contributed by atoms with Crippen molar-refractivity contribution in [2.45, 2.75) is 26.1 Å². The number of aryl methyl sites for hydroxylation is 1. The molecule has 0 aliphatic carbocycles. The van der Waals surface area contributed by atoms with E-state index < -0.39 is 0 Å². The van der Waals surface area contributed by atoms with Crippen molar-refractivity contribution < 1.29 is 14.3 Å². The molecule has 0 bridgehead atoms. The zero-order valence-corrected chi connectivity index (χ0v) is 14.7. The highest BCUT2D eigenvalue weighted by Gasteiger charge is 2.23. The standard InChI is InChI=1S/C20H19N3O3/c1-12(26-2)21-20(25)14-8-6-13(7-9-14)19-22-16-5-3-4-15-17(24)10-11-23(19)18(15)16/h3-9,12H,10-11H2,1-2H3,(H,21,25). The summed E-state index contributed by atoms with van der Waals surface area (Å²) < 4.78 is 7.14. The van der Waals surface area contributed by atoms with Crippen LogP contribution in [0.3, 0.4) is 0 Å². The number of imidazole rings is 1. The summed E-state index contributed by atoms with van der Waals surface area (Å²) >= 11 is 0. The van der Waals surface area contributed by atoms with E-state index >= 15 is 0 Å². The second-order valence-electron chi connectivity index (χ2n) is 6.36. The monoisotopic (exact) mass is 349 g/mol. The first-order valence-electron chi connectivity index (χ1n) is 8.55. The number of nitrogens with zero attached hydrogens (tertiary/aromatic N) is 2. The smallest absolute Gasteiger partial charge is 0.253 e. The first-order valence-corrected chi connectivity index (χ1v) is 8.55. The average Bonchev–Trinajstić information content (AvgIpc) is 3.04. The average molecular weight is 349 g/mol. The number of para-hydroxylation sites is 1. The van der Waals surface area contributed by atoms with Gasteiger partial charge in [-0.3, -0.25) is 9.59 Å². The topological polar surface area (TPSA) is 73.2 Å². The molecule has 0 saturated carbocycles. The molecule has 0 radical (unpaired) electrons. The van der Waals surface area contributed by atoms with Gasteiger partial charge in [-0.05, 0) is 31.2 Å². The Kier molecular flexibility index (Phi) is 4.05. The van der Waals surface area contributed by atoms with Crippen molar-refractivity contribution in [3.8, 4) is 11.4 Å². The van der Waals surface area contributed by atoms with Crippen LogP contribution in [0.5, 0.6) is 0 Å². The molecule has 3 aromatic rings. The zero-order valence-electron chi connectivity index (χ0n) is 14.7. The molecule has 4 rings (SSSR count). The van der Waals surface area contributed by atoms with Gasteiger partial charge in [-0.1, -0.05) is 18.2 Å². The molecule has 26 heavy (non-hydrogen) atoms. The van der Waals surface area contributed by atoms with Crippen LogP contribution in [-0.4, -0.2) is 34.6 Å². The van der Waals surface area contributed by atoms with E-state index in [0.717, 1.165) is 28.0 Å². The molecule has 0 fully saturated rings. The van der Waals surface area contributed by atoms with Crippen LogP contribution >= 0.6 is 0 Å². The van der Waals surface area contributed by atoms with E-state index in [9.17, 15) is 9.59 Å². The van der Waals surface area contributed by atoms with Crippen LogP contribution in [0.25, 0.3) is 22.4 Å². The maximum Gasteiger partial charge on any atom is 0.253 e. The van der Waals surface area contributed by atoms with E-state index in [2.05, 4.69) is 9.88 Å². The molecule has 2 aromatic carbocycles. The summed E-state index contributed by atoms with van der Waals surface area (Å²) in [4.78, 5) is 29.0. The minimum absolute atomic E-state index is 0.161. The zero-order chi connectivity index (χ0) is 18.3. The Morgan fingerprint density at radius 3 is 2.73 bits per heavy atom. The fourth-order valence-electron chi connectivity index (χ4n) is 3.29. The second-order valence-corrected chi connectivity index (χ2v) is 6.36. The molecule has 6 heteroatoms. The van der Waals surface area contributed by atoms with Crippen LogP contribution in [0, 0.1) is 0 Å². The number of benzene rings is 2. The Morgan fingerprint density at radius 2 is 2.00 bits per heavy atom. The molecule has 6 nitrogen and oxygen atoms in total. The van der Waals surface area contributed by atoms with Gasteiger partial charge in [0, 0.05) is 36.8 Å². The van der Waals surface area contributed by atoms with Crippen LogP contribution < -0.4 is 5.32 Å². The lowest BCUT2D eigenvalue weighted by molar-refractivity contribution is 0.0658. The molecule has 132 valence electrons. The number of methoxy groups -OCH3 is 1. The highest BCUT2D eigenvalue weighted by molar-refractivity contribution is 6.08. The van der Waals surface area contributed by atoms with Gasteiger partial charge >= 0.3 is 0 Å². The van der Waals surface area contributed by atoms with Crippen LogP contribution in [0.2, 0.25) is 0 Å². The van der Waals surface area contributed by atoms with Crippen LogP contribution in [0.4, 0.5) is 0 Å². The van der Waals surface area contributed by atoms with E-state index in [1.165, 1.54) is 0 Å². The van der Waals surface area contributed by atoms with E-state index in [1.807, 2.05) is 30.3 Å². The summed E-state index contributed by atoms with van der Waals surface area (Å²) in [6.45, 7) is 2.39. The molecule has 1 aliphatic rings. The molecule has 0 spiro atoms. The number of nitrogens with one attached hydrogen (secondary N) is 1. The Labute approximate surface area is 150 Å². The molecule has 1 atom stereocenters. The molecule has 1 N–H and O–H groups in total. The maximum atomic E-state index is 12.2. The number of carbonyl (C=O) groups is 2. The number of carbonyl (C=O) groups excluding carboxylic acids is 2. The lowest BCUT2D eigenvalue weighted by atomic mass is 10.0. The Hall–Kier alpha value is -2.99. The van der Waals surface area contributed by atoms with E-state index in [4.69, 9.17) is 9.72 Å². The van der Waals surface area contributed by atoms with Crippen molar-refractivity contribution in [2.75, 3.05) is 7.11 Å². The number of ketones is 1. The molecule has 1 amide bonds. The molecule has 0 saturated heterocycles. The molecular weight excluding hydrogens is 330 g/mol. The minimum Gasteiger partial charge on any atom is -0.362 e. The Balaban J connectivity index is 1.71. The fraction of sp³-hybridized carbons (Fsp3) is 0.250. The van der Waals surface area contributed by atoms with Crippen molar-refractivity contribution >= 4 is 22.7 Å². The first-order chi connectivity index (χ1) is 12.6. The number of hydrogen-bond acceptors (Lipinski definition) is 4. The SMILES string of the molecule is COC(C)NC(=O)c1ccc(-c2nc3cccc4c3n2CCC4=O)cc1. The van der Waals surface area contributed by atoms with Crippen molar-refractivity contribution in [1.82, 2.24) is 14.9 Å². The molecule has 1 aromatic heterocycles. The van der Waals surface area contributed by atoms with Gasteiger partial charge in [0.15, 0.2) is 5.78 Å². The van der Waals surface area contributed by atoms with Gasteiger partial charge in [-0.15, -0.1) is 0 Å².